The SMILES string of the molecule is O=C(Nc1ccc(F)cc1C#CCO)C1CCC1. The zero-order valence-electron chi connectivity index (χ0n) is 9.87. The third kappa shape index (κ3) is 2.88. The molecular weight excluding hydrogens is 233 g/mol. The van der Waals surface area contributed by atoms with Crippen molar-refractivity contribution in [3.05, 3.63) is 29.6 Å². The van der Waals surface area contributed by atoms with Crippen LogP contribution in [0, 0.1) is 23.6 Å². The van der Waals surface area contributed by atoms with Gasteiger partial charge in [0, 0.05) is 5.92 Å². The van der Waals surface area contributed by atoms with Gasteiger partial charge in [-0.05, 0) is 31.0 Å². The molecule has 0 aromatic heterocycles. The standard InChI is InChI=1S/C14H14FNO2/c15-12-6-7-13(11(9-12)5-2-8-17)16-14(18)10-3-1-4-10/h6-7,9-10,17H,1,3-4,8H2,(H,16,18). The molecule has 1 aromatic rings. The summed E-state index contributed by atoms with van der Waals surface area (Å²) in [7, 11) is 0. The lowest BCUT2D eigenvalue weighted by Crippen LogP contribution is -2.28. The molecule has 1 fully saturated rings. The molecule has 1 saturated carbocycles. The van der Waals surface area contributed by atoms with E-state index in [-0.39, 0.29) is 18.4 Å². The summed E-state index contributed by atoms with van der Waals surface area (Å²) in [6, 6.07) is 4.02. The van der Waals surface area contributed by atoms with Gasteiger partial charge in [0.15, 0.2) is 0 Å². The molecule has 0 bridgehead atoms. The average molecular weight is 247 g/mol. The van der Waals surface area contributed by atoms with Gasteiger partial charge in [0.2, 0.25) is 5.91 Å². The monoisotopic (exact) mass is 247 g/mol. The van der Waals surface area contributed by atoms with Crippen molar-refractivity contribution in [1.29, 1.82) is 0 Å². The molecule has 0 radical (unpaired) electrons. The fourth-order valence-electron chi connectivity index (χ4n) is 1.77. The lowest BCUT2D eigenvalue weighted by molar-refractivity contribution is -0.122. The molecule has 3 nitrogen and oxygen atoms in total. The van der Waals surface area contributed by atoms with E-state index in [4.69, 9.17) is 5.11 Å². The largest absolute Gasteiger partial charge is 0.384 e. The number of aliphatic hydroxyl groups is 1. The molecule has 0 unspecified atom stereocenters. The van der Waals surface area contributed by atoms with Crippen molar-refractivity contribution in [2.24, 2.45) is 5.92 Å². The maximum Gasteiger partial charge on any atom is 0.227 e. The van der Waals surface area contributed by atoms with Gasteiger partial charge in [-0.15, -0.1) is 0 Å². The number of hydrogen-bond donors (Lipinski definition) is 2. The van der Waals surface area contributed by atoms with Gasteiger partial charge in [0.05, 0.1) is 11.3 Å². The minimum Gasteiger partial charge on any atom is -0.384 e. The second-order valence-corrected chi connectivity index (χ2v) is 4.27. The van der Waals surface area contributed by atoms with Crippen LogP contribution < -0.4 is 5.32 Å². The van der Waals surface area contributed by atoms with E-state index in [0.29, 0.717) is 11.3 Å². The van der Waals surface area contributed by atoms with Gasteiger partial charge in [0.25, 0.3) is 0 Å². The van der Waals surface area contributed by atoms with Crippen LogP contribution >= 0.6 is 0 Å². The summed E-state index contributed by atoms with van der Waals surface area (Å²) in [5.74, 6) is 4.68. The Labute approximate surface area is 105 Å². The van der Waals surface area contributed by atoms with E-state index in [1.165, 1.54) is 18.2 Å². The first-order valence-electron chi connectivity index (χ1n) is 5.91. The number of aliphatic hydroxyl groups excluding tert-OH is 1. The number of carbonyl (C=O) groups excluding carboxylic acids is 1. The fourth-order valence-corrected chi connectivity index (χ4v) is 1.77. The number of amides is 1. The molecule has 94 valence electrons. The quantitative estimate of drug-likeness (QED) is 0.784. The lowest BCUT2D eigenvalue weighted by Gasteiger charge is -2.24. The van der Waals surface area contributed by atoms with Crippen LogP contribution in [0.3, 0.4) is 0 Å². The van der Waals surface area contributed by atoms with E-state index in [9.17, 15) is 9.18 Å². The first kappa shape index (κ1) is 12.6. The maximum atomic E-state index is 13.1. The molecule has 0 aliphatic heterocycles. The van der Waals surface area contributed by atoms with Gasteiger partial charge in [-0.3, -0.25) is 4.79 Å². The van der Waals surface area contributed by atoms with Crippen molar-refractivity contribution in [3.8, 4) is 11.8 Å². The topological polar surface area (TPSA) is 49.3 Å². The average Bonchev–Trinajstić information content (AvgIpc) is 2.27. The predicted octanol–water partition coefficient (Wildman–Crippen LogP) is 1.91. The molecule has 1 aromatic carbocycles. The number of benzene rings is 1. The van der Waals surface area contributed by atoms with Crippen LogP contribution in [0.5, 0.6) is 0 Å². The molecule has 0 atom stereocenters. The van der Waals surface area contributed by atoms with Crippen LogP contribution in [0.25, 0.3) is 0 Å². The molecule has 2 N–H and O–H groups in total. The highest BCUT2D eigenvalue weighted by molar-refractivity contribution is 5.94. The summed E-state index contributed by atoms with van der Waals surface area (Å²) in [5, 5.41) is 11.4. The molecule has 2 rings (SSSR count). The van der Waals surface area contributed by atoms with Crippen molar-refractivity contribution < 1.29 is 14.3 Å². The molecule has 18 heavy (non-hydrogen) atoms. The Hall–Kier alpha value is -1.86. The summed E-state index contributed by atoms with van der Waals surface area (Å²) < 4.78 is 13.1. The normalized spacial score (nSPS) is 14.3. The molecule has 1 aliphatic carbocycles. The minimum absolute atomic E-state index is 0.0418. The number of halogens is 1. The van der Waals surface area contributed by atoms with Gasteiger partial charge >= 0.3 is 0 Å². The van der Waals surface area contributed by atoms with E-state index in [0.717, 1.165) is 19.3 Å². The first-order valence-corrected chi connectivity index (χ1v) is 5.91. The van der Waals surface area contributed by atoms with Gasteiger partial charge in [-0.2, -0.15) is 0 Å². The van der Waals surface area contributed by atoms with E-state index in [2.05, 4.69) is 17.2 Å². The smallest absolute Gasteiger partial charge is 0.227 e. The van der Waals surface area contributed by atoms with Crippen LogP contribution in [0.4, 0.5) is 10.1 Å². The van der Waals surface area contributed by atoms with Gasteiger partial charge in [-0.25, -0.2) is 4.39 Å². The van der Waals surface area contributed by atoms with Crippen LogP contribution in [-0.4, -0.2) is 17.6 Å². The number of rotatable bonds is 2. The third-order valence-corrected chi connectivity index (χ3v) is 3.02. The van der Waals surface area contributed by atoms with Crippen molar-refractivity contribution in [3.63, 3.8) is 0 Å². The lowest BCUT2D eigenvalue weighted by atomic mass is 9.85. The number of carbonyl (C=O) groups is 1. The molecule has 0 saturated heterocycles. The van der Waals surface area contributed by atoms with Crippen LogP contribution in [-0.2, 0) is 4.79 Å². The highest BCUT2D eigenvalue weighted by atomic mass is 19.1. The number of nitrogens with one attached hydrogen (secondary N) is 1. The predicted molar refractivity (Wildman–Crippen MR) is 66.3 cm³/mol. The van der Waals surface area contributed by atoms with E-state index < -0.39 is 5.82 Å². The Morgan fingerprint density at radius 2 is 2.28 bits per heavy atom. The van der Waals surface area contributed by atoms with Crippen LogP contribution in [0.1, 0.15) is 24.8 Å². The third-order valence-electron chi connectivity index (χ3n) is 3.02. The Bertz CT molecular complexity index is 512. The maximum absolute atomic E-state index is 13.1. The molecular formula is C14H14FNO2. The highest BCUT2D eigenvalue weighted by Crippen LogP contribution is 2.28. The van der Waals surface area contributed by atoms with Crippen molar-refractivity contribution in [1.82, 2.24) is 0 Å². The second kappa shape index (κ2) is 5.65. The van der Waals surface area contributed by atoms with Gasteiger partial charge in [0.1, 0.15) is 12.4 Å². The fraction of sp³-hybridized carbons (Fsp3) is 0.357. The first-order chi connectivity index (χ1) is 8.70. The Kier molecular flexibility index (Phi) is 3.96. The zero-order chi connectivity index (χ0) is 13.0. The summed E-state index contributed by atoms with van der Waals surface area (Å²) in [4.78, 5) is 11.8. The Balaban J connectivity index is 2.17. The zero-order valence-corrected chi connectivity index (χ0v) is 9.87. The molecule has 4 heteroatoms. The van der Waals surface area contributed by atoms with Crippen molar-refractivity contribution in [2.75, 3.05) is 11.9 Å². The summed E-state index contributed by atoms with van der Waals surface area (Å²) in [6.07, 6.45) is 2.90. The van der Waals surface area contributed by atoms with Gasteiger partial charge < -0.3 is 10.4 Å². The molecule has 1 amide bonds. The number of anilines is 1. The summed E-state index contributed by atoms with van der Waals surface area (Å²) in [6.45, 7) is -0.299. The van der Waals surface area contributed by atoms with Crippen molar-refractivity contribution >= 4 is 11.6 Å². The highest BCUT2D eigenvalue weighted by Gasteiger charge is 2.25. The van der Waals surface area contributed by atoms with Crippen LogP contribution in [0.2, 0.25) is 0 Å². The molecule has 0 spiro atoms. The minimum atomic E-state index is -0.418. The second-order valence-electron chi connectivity index (χ2n) is 4.27. The van der Waals surface area contributed by atoms with Gasteiger partial charge in [-0.1, -0.05) is 18.3 Å². The number of hydrogen-bond acceptors (Lipinski definition) is 2. The van der Waals surface area contributed by atoms with Crippen molar-refractivity contribution in [2.45, 2.75) is 19.3 Å². The van der Waals surface area contributed by atoms with E-state index in [1.807, 2.05) is 0 Å². The summed E-state index contributed by atoms with van der Waals surface area (Å²) >= 11 is 0. The Morgan fingerprint density at radius 3 is 2.89 bits per heavy atom. The van der Waals surface area contributed by atoms with Crippen LogP contribution in [0.15, 0.2) is 18.2 Å². The molecule has 0 heterocycles. The van der Waals surface area contributed by atoms with E-state index >= 15 is 0 Å². The molecule has 1 aliphatic rings. The summed E-state index contributed by atoms with van der Waals surface area (Å²) in [5.41, 5.74) is 0.881. The Morgan fingerprint density at radius 1 is 1.50 bits per heavy atom. The van der Waals surface area contributed by atoms with E-state index in [1.54, 1.807) is 0 Å².